The fraction of sp³-hybridized carbons (Fsp3) is 0.333. The summed E-state index contributed by atoms with van der Waals surface area (Å²) >= 11 is 0. The molecular weight excluding hydrogens is 412 g/mol. The summed E-state index contributed by atoms with van der Waals surface area (Å²) in [5.74, 6) is 2.80. The average Bonchev–Trinajstić information content (AvgIpc) is 3.47. The van der Waals surface area contributed by atoms with Crippen LogP contribution < -0.4 is 10.6 Å². The number of nitrogens with zero attached hydrogens (tertiary/aromatic N) is 1. The van der Waals surface area contributed by atoms with Crippen LogP contribution in [0.5, 0.6) is 0 Å². The van der Waals surface area contributed by atoms with Gasteiger partial charge in [-0.25, -0.2) is 0 Å². The topological polar surface area (TPSA) is 77.2 Å². The van der Waals surface area contributed by atoms with Gasteiger partial charge in [0.15, 0.2) is 0 Å². The molecule has 0 aliphatic carbocycles. The van der Waals surface area contributed by atoms with E-state index >= 15 is 0 Å². The highest BCUT2D eigenvalue weighted by atomic mass is 16.2. The van der Waals surface area contributed by atoms with Crippen LogP contribution in [0.4, 0.5) is 5.69 Å². The lowest BCUT2D eigenvalue weighted by Gasteiger charge is -2.43. The normalized spacial score (nSPS) is 28.0. The van der Waals surface area contributed by atoms with Crippen molar-refractivity contribution in [3.8, 4) is 12.3 Å². The Morgan fingerprint density at radius 1 is 1.12 bits per heavy atom. The number of nitrogens with one attached hydrogen (secondary N) is 3. The van der Waals surface area contributed by atoms with E-state index in [4.69, 9.17) is 6.42 Å². The molecule has 2 amide bonds. The number of rotatable bonds is 3. The maximum Gasteiger partial charge on any atom is 0.247 e. The van der Waals surface area contributed by atoms with Crippen LogP contribution in [0.2, 0.25) is 0 Å². The van der Waals surface area contributed by atoms with Gasteiger partial charge in [-0.15, -0.1) is 6.42 Å². The first-order valence-electron chi connectivity index (χ1n) is 11.4. The standard InChI is InChI=1S/C27H26N4O2/c1-4-26(2,3)27-14-22-23(32)29-21(13-16-15-28-19-11-7-5-9-17(16)19)24(33)31(22)25(27)30-20-12-8-6-10-18(20)27/h1,5-12,15,21-22,25,28,30H,13-14H2,2-3H3,(H,29,32)/t21-,22-,25+,27-/m0/s1. The van der Waals surface area contributed by atoms with Crippen molar-refractivity contribution in [2.75, 3.05) is 5.32 Å². The van der Waals surface area contributed by atoms with Gasteiger partial charge in [-0.2, -0.15) is 0 Å². The molecule has 4 heterocycles. The van der Waals surface area contributed by atoms with Crippen LogP contribution >= 0.6 is 0 Å². The van der Waals surface area contributed by atoms with Gasteiger partial charge in [0.25, 0.3) is 0 Å². The quantitative estimate of drug-likeness (QED) is 0.550. The maximum absolute atomic E-state index is 13.9. The summed E-state index contributed by atoms with van der Waals surface area (Å²) in [6.07, 6.45) is 8.53. The van der Waals surface area contributed by atoms with Crippen LogP contribution in [0, 0.1) is 17.8 Å². The molecule has 166 valence electrons. The smallest absolute Gasteiger partial charge is 0.247 e. The molecule has 4 atom stereocenters. The Balaban J connectivity index is 1.41. The van der Waals surface area contributed by atoms with E-state index in [1.807, 2.05) is 62.5 Å². The molecule has 2 fully saturated rings. The number of amides is 2. The highest BCUT2D eigenvalue weighted by Gasteiger charge is 2.67. The number of aromatic nitrogens is 1. The third-order valence-corrected chi connectivity index (χ3v) is 8.04. The van der Waals surface area contributed by atoms with Gasteiger partial charge in [-0.05, 0) is 43.5 Å². The minimum Gasteiger partial charge on any atom is -0.364 e. The van der Waals surface area contributed by atoms with Crippen molar-refractivity contribution in [2.24, 2.45) is 5.41 Å². The first kappa shape index (κ1) is 19.9. The molecule has 0 bridgehead atoms. The van der Waals surface area contributed by atoms with Gasteiger partial charge in [0.05, 0.1) is 5.41 Å². The second-order valence-corrected chi connectivity index (χ2v) is 9.92. The molecule has 3 aliphatic heterocycles. The number of fused-ring (bicyclic) bond motifs is 6. The van der Waals surface area contributed by atoms with Crippen LogP contribution in [-0.2, 0) is 21.4 Å². The van der Waals surface area contributed by atoms with Crippen molar-refractivity contribution >= 4 is 28.4 Å². The zero-order chi connectivity index (χ0) is 23.0. The van der Waals surface area contributed by atoms with Gasteiger partial charge in [0.1, 0.15) is 18.2 Å². The molecular formula is C27H26N4O2. The molecule has 3 aromatic rings. The van der Waals surface area contributed by atoms with Crippen LogP contribution in [0.3, 0.4) is 0 Å². The third-order valence-electron chi connectivity index (χ3n) is 8.04. The summed E-state index contributed by atoms with van der Waals surface area (Å²) in [7, 11) is 0. The Hall–Kier alpha value is -3.72. The van der Waals surface area contributed by atoms with Crippen LogP contribution in [0.15, 0.2) is 54.7 Å². The van der Waals surface area contributed by atoms with E-state index in [0.29, 0.717) is 12.8 Å². The number of hydrogen-bond donors (Lipinski definition) is 3. The SMILES string of the molecule is C#CC(C)(C)[C@]12C[C@H]3C(=O)N[C@@H](Cc4c[nH]c5ccccc45)C(=O)N3[C@H]1Nc1ccccc12. The van der Waals surface area contributed by atoms with Gasteiger partial charge in [-0.3, -0.25) is 9.59 Å². The Bertz CT molecular complexity index is 1350. The Morgan fingerprint density at radius 3 is 2.70 bits per heavy atom. The zero-order valence-electron chi connectivity index (χ0n) is 18.7. The number of carbonyl (C=O) groups excluding carboxylic acids is 2. The minimum absolute atomic E-state index is 0.0649. The van der Waals surface area contributed by atoms with Crippen molar-refractivity contribution in [3.63, 3.8) is 0 Å². The number of hydrogen-bond acceptors (Lipinski definition) is 3. The zero-order valence-corrected chi connectivity index (χ0v) is 18.7. The number of carbonyl (C=O) groups is 2. The fourth-order valence-electron chi connectivity index (χ4n) is 6.26. The second-order valence-electron chi connectivity index (χ2n) is 9.92. The lowest BCUT2D eigenvalue weighted by atomic mass is 9.60. The van der Waals surface area contributed by atoms with Crippen molar-refractivity contribution in [1.29, 1.82) is 0 Å². The summed E-state index contributed by atoms with van der Waals surface area (Å²) in [4.78, 5) is 32.2. The van der Waals surface area contributed by atoms with Gasteiger partial charge in [-0.1, -0.05) is 42.3 Å². The number of anilines is 1. The monoisotopic (exact) mass is 438 g/mol. The Morgan fingerprint density at radius 2 is 1.88 bits per heavy atom. The molecule has 6 heteroatoms. The predicted octanol–water partition coefficient (Wildman–Crippen LogP) is 3.16. The molecule has 33 heavy (non-hydrogen) atoms. The van der Waals surface area contributed by atoms with Gasteiger partial charge in [0, 0.05) is 34.6 Å². The van der Waals surface area contributed by atoms with E-state index in [9.17, 15) is 9.59 Å². The third kappa shape index (κ3) is 2.51. The van der Waals surface area contributed by atoms with Crippen molar-refractivity contribution in [3.05, 3.63) is 65.9 Å². The molecule has 3 aliphatic rings. The van der Waals surface area contributed by atoms with E-state index in [-0.39, 0.29) is 18.0 Å². The van der Waals surface area contributed by atoms with Crippen molar-refractivity contribution < 1.29 is 9.59 Å². The van der Waals surface area contributed by atoms with E-state index < -0.39 is 22.9 Å². The average molecular weight is 439 g/mol. The summed E-state index contributed by atoms with van der Waals surface area (Å²) in [5, 5.41) is 7.64. The molecule has 2 saturated heterocycles. The summed E-state index contributed by atoms with van der Waals surface area (Å²) < 4.78 is 0. The molecule has 6 rings (SSSR count). The van der Waals surface area contributed by atoms with E-state index in [1.165, 1.54) is 0 Å². The molecule has 6 nitrogen and oxygen atoms in total. The largest absolute Gasteiger partial charge is 0.364 e. The number of piperazine rings is 1. The summed E-state index contributed by atoms with van der Waals surface area (Å²) in [6.45, 7) is 4.07. The Kier molecular flexibility index (Phi) is 4.01. The molecule has 0 spiro atoms. The van der Waals surface area contributed by atoms with Gasteiger partial charge < -0.3 is 20.5 Å². The minimum atomic E-state index is -0.622. The lowest BCUT2D eigenvalue weighted by Crippen LogP contribution is -2.64. The molecule has 0 saturated carbocycles. The first-order chi connectivity index (χ1) is 15.9. The fourth-order valence-corrected chi connectivity index (χ4v) is 6.26. The van der Waals surface area contributed by atoms with E-state index in [0.717, 1.165) is 27.7 Å². The van der Waals surface area contributed by atoms with Crippen LogP contribution in [0.25, 0.3) is 10.9 Å². The highest BCUT2D eigenvalue weighted by Crippen LogP contribution is 2.59. The van der Waals surface area contributed by atoms with Gasteiger partial charge in [0.2, 0.25) is 11.8 Å². The van der Waals surface area contributed by atoms with E-state index in [2.05, 4.69) is 27.6 Å². The molecule has 1 aromatic heterocycles. The van der Waals surface area contributed by atoms with Crippen molar-refractivity contribution in [2.45, 2.75) is 50.4 Å². The van der Waals surface area contributed by atoms with Crippen LogP contribution in [0.1, 0.15) is 31.4 Å². The maximum atomic E-state index is 13.9. The predicted molar refractivity (Wildman–Crippen MR) is 127 cm³/mol. The lowest BCUT2D eigenvalue weighted by molar-refractivity contribution is -0.148. The number of para-hydroxylation sites is 2. The Labute approximate surface area is 192 Å². The second kappa shape index (κ2) is 6.64. The molecule has 0 unspecified atom stereocenters. The van der Waals surface area contributed by atoms with Crippen LogP contribution in [-0.4, -0.2) is 39.9 Å². The highest BCUT2D eigenvalue weighted by molar-refractivity contribution is 5.99. The molecule has 3 N–H and O–H groups in total. The summed E-state index contributed by atoms with van der Waals surface area (Å²) in [6, 6.07) is 14.9. The number of aromatic amines is 1. The first-order valence-corrected chi connectivity index (χ1v) is 11.4. The number of H-pyrrole nitrogens is 1. The van der Waals surface area contributed by atoms with Crippen molar-refractivity contribution in [1.82, 2.24) is 15.2 Å². The number of benzene rings is 2. The van der Waals surface area contributed by atoms with E-state index in [1.54, 1.807) is 4.90 Å². The molecule has 2 aromatic carbocycles. The number of terminal acetylenes is 1. The van der Waals surface area contributed by atoms with Gasteiger partial charge >= 0.3 is 0 Å². The summed E-state index contributed by atoms with van der Waals surface area (Å²) in [5.41, 5.74) is 2.98. The molecule has 0 radical (unpaired) electrons.